The number of hydrogen-bond acceptors (Lipinski definition) is 5. The molecule has 1 heterocycles. The van der Waals surface area contributed by atoms with Crippen LogP contribution < -0.4 is 9.64 Å². The maximum Gasteiger partial charge on any atom is 0.325 e. The van der Waals surface area contributed by atoms with Crippen LogP contribution in [-0.2, 0) is 20.7 Å². The van der Waals surface area contributed by atoms with E-state index in [1.807, 2.05) is 31.2 Å². The number of thiocarbonyl (C=S) groups is 1. The lowest BCUT2D eigenvalue weighted by Crippen LogP contribution is -2.35. The van der Waals surface area contributed by atoms with E-state index in [4.69, 9.17) is 39.7 Å². The molecule has 0 atom stereocenters. The van der Waals surface area contributed by atoms with Gasteiger partial charge in [0.15, 0.2) is 5.11 Å². The largest absolute Gasteiger partial charge is 0.480 e. The molecule has 0 aliphatic carbocycles. The third-order valence-corrected chi connectivity index (χ3v) is 5.47. The summed E-state index contributed by atoms with van der Waals surface area (Å²) in [5.41, 5.74) is 2.44. The lowest BCUT2D eigenvalue weighted by atomic mass is 10.1. The van der Waals surface area contributed by atoms with Crippen molar-refractivity contribution in [3.05, 3.63) is 64.3 Å². The molecule has 0 saturated carbocycles. The van der Waals surface area contributed by atoms with Gasteiger partial charge in [0.1, 0.15) is 24.6 Å². The van der Waals surface area contributed by atoms with Crippen LogP contribution in [0.4, 0.5) is 5.69 Å². The van der Waals surface area contributed by atoms with E-state index in [1.54, 1.807) is 24.3 Å². The first-order valence-corrected chi connectivity index (χ1v) is 10.6. The van der Waals surface area contributed by atoms with Crippen molar-refractivity contribution in [1.29, 1.82) is 0 Å². The zero-order valence-electron chi connectivity index (χ0n) is 17.6. The number of methoxy groups -OCH3 is 1. The molecule has 2 aromatic rings. The number of amides is 1. The Hall–Kier alpha value is -3.34. The number of terminal acetylenes is 1. The van der Waals surface area contributed by atoms with Gasteiger partial charge in [0.25, 0.3) is 5.91 Å². The summed E-state index contributed by atoms with van der Waals surface area (Å²) in [6.45, 7) is 1.87. The van der Waals surface area contributed by atoms with Crippen LogP contribution in [-0.4, -0.2) is 42.2 Å². The fourth-order valence-corrected chi connectivity index (χ4v) is 3.70. The topological polar surface area (TPSA) is 59.1 Å². The van der Waals surface area contributed by atoms with E-state index in [-0.39, 0.29) is 29.9 Å². The molecule has 3 rings (SSSR count). The van der Waals surface area contributed by atoms with E-state index in [0.717, 1.165) is 12.0 Å². The van der Waals surface area contributed by atoms with Gasteiger partial charge in [0.05, 0.1) is 12.8 Å². The van der Waals surface area contributed by atoms with Crippen LogP contribution >= 0.6 is 23.8 Å². The van der Waals surface area contributed by atoms with E-state index >= 15 is 0 Å². The van der Waals surface area contributed by atoms with Gasteiger partial charge in [0.2, 0.25) is 0 Å². The molecule has 2 aromatic carbocycles. The van der Waals surface area contributed by atoms with Gasteiger partial charge in [-0.15, -0.1) is 6.42 Å². The molecule has 164 valence electrons. The predicted octanol–water partition coefficient (Wildman–Crippen LogP) is 4.06. The Morgan fingerprint density at radius 1 is 1.25 bits per heavy atom. The molecule has 32 heavy (non-hydrogen) atoms. The zero-order valence-corrected chi connectivity index (χ0v) is 19.2. The lowest BCUT2D eigenvalue weighted by Gasteiger charge is -2.19. The average Bonchev–Trinajstić information content (AvgIpc) is 3.02. The molecule has 1 fully saturated rings. The summed E-state index contributed by atoms with van der Waals surface area (Å²) in [5.74, 6) is 1.93. The number of benzene rings is 2. The summed E-state index contributed by atoms with van der Waals surface area (Å²) < 4.78 is 10.4. The number of carbonyl (C=O) groups is 2. The van der Waals surface area contributed by atoms with Crippen LogP contribution in [0.2, 0.25) is 5.02 Å². The maximum atomic E-state index is 13.4. The predicted molar refractivity (Wildman–Crippen MR) is 128 cm³/mol. The van der Waals surface area contributed by atoms with E-state index in [1.165, 1.54) is 16.9 Å². The minimum absolute atomic E-state index is 0.0476. The van der Waals surface area contributed by atoms with Crippen LogP contribution in [0, 0.1) is 12.3 Å². The molecular formula is C24H21ClN2O4S. The van der Waals surface area contributed by atoms with Crippen LogP contribution in [0.3, 0.4) is 0 Å². The van der Waals surface area contributed by atoms with Crippen molar-refractivity contribution < 1.29 is 19.1 Å². The van der Waals surface area contributed by atoms with Gasteiger partial charge in [-0.05, 0) is 60.6 Å². The standard InChI is InChI=1S/C24H21ClN2O4S/c1-4-12-31-21-11-8-18(25)13-17(21)14-20-23(29)27(19-9-6-16(5-2)7-10-19)24(32)26(20)15-22(28)30-3/h1,6-11,13-14H,5,12,15H2,2-3H3/b20-14-. The van der Waals surface area contributed by atoms with E-state index in [2.05, 4.69) is 5.92 Å². The smallest absolute Gasteiger partial charge is 0.325 e. The number of carbonyl (C=O) groups excluding carboxylic acids is 2. The number of ether oxygens (including phenoxy) is 2. The monoisotopic (exact) mass is 468 g/mol. The third kappa shape index (κ3) is 4.93. The quantitative estimate of drug-likeness (QED) is 0.264. The highest BCUT2D eigenvalue weighted by molar-refractivity contribution is 7.80. The summed E-state index contributed by atoms with van der Waals surface area (Å²) in [7, 11) is 1.27. The van der Waals surface area contributed by atoms with E-state index in [0.29, 0.717) is 22.0 Å². The first kappa shape index (κ1) is 23.3. The fraction of sp³-hybridized carbons (Fsp3) is 0.208. The Morgan fingerprint density at radius 2 is 1.97 bits per heavy atom. The molecule has 0 spiro atoms. The first-order valence-electron chi connectivity index (χ1n) is 9.78. The molecule has 0 bridgehead atoms. The van der Waals surface area contributed by atoms with Crippen molar-refractivity contribution in [3.8, 4) is 18.1 Å². The van der Waals surface area contributed by atoms with Crippen LogP contribution in [0.15, 0.2) is 48.2 Å². The van der Waals surface area contributed by atoms with E-state index in [9.17, 15) is 9.59 Å². The summed E-state index contributed by atoms with van der Waals surface area (Å²) in [4.78, 5) is 28.3. The normalized spacial score (nSPS) is 14.6. The van der Waals surface area contributed by atoms with Crippen molar-refractivity contribution in [1.82, 2.24) is 4.90 Å². The highest BCUT2D eigenvalue weighted by atomic mass is 35.5. The van der Waals surface area contributed by atoms with Crippen LogP contribution in [0.1, 0.15) is 18.1 Å². The number of halogens is 1. The summed E-state index contributed by atoms with van der Waals surface area (Å²) in [6, 6.07) is 12.5. The molecule has 1 aliphatic heterocycles. The summed E-state index contributed by atoms with van der Waals surface area (Å²) in [6.07, 6.45) is 7.75. The molecule has 1 saturated heterocycles. The molecule has 1 amide bonds. The molecular weight excluding hydrogens is 448 g/mol. The van der Waals surface area contributed by atoms with E-state index < -0.39 is 5.97 Å². The van der Waals surface area contributed by atoms with Crippen molar-refractivity contribution in [2.75, 3.05) is 25.2 Å². The molecule has 1 aliphatic rings. The van der Waals surface area contributed by atoms with Crippen LogP contribution in [0.5, 0.6) is 5.75 Å². The number of rotatable bonds is 7. The number of anilines is 1. The molecule has 8 heteroatoms. The fourth-order valence-electron chi connectivity index (χ4n) is 3.17. The highest BCUT2D eigenvalue weighted by Crippen LogP contribution is 2.32. The minimum atomic E-state index is -0.538. The summed E-state index contributed by atoms with van der Waals surface area (Å²) in [5, 5.41) is 0.619. The number of hydrogen-bond donors (Lipinski definition) is 0. The van der Waals surface area contributed by atoms with Gasteiger partial charge in [-0.1, -0.05) is 36.6 Å². The summed E-state index contributed by atoms with van der Waals surface area (Å²) >= 11 is 11.7. The number of aryl methyl sites for hydroxylation is 1. The Labute approximate surface area is 197 Å². The van der Waals surface area contributed by atoms with Crippen LogP contribution in [0.25, 0.3) is 6.08 Å². The maximum absolute atomic E-state index is 13.4. The molecule has 6 nitrogen and oxygen atoms in total. The second kappa shape index (κ2) is 10.3. The first-order chi connectivity index (χ1) is 15.4. The van der Waals surface area contributed by atoms with Crippen molar-refractivity contribution in [2.24, 2.45) is 0 Å². The van der Waals surface area contributed by atoms with Gasteiger partial charge >= 0.3 is 5.97 Å². The second-order valence-corrected chi connectivity index (χ2v) is 7.61. The van der Waals surface area contributed by atoms with Crippen molar-refractivity contribution in [3.63, 3.8) is 0 Å². The van der Waals surface area contributed by atoms with Gasteiger partial charge in [-0.25, -0.2) is 0 Å². The minimum Gasteiger partial charge on any atom is -0.480 e. The molecule has 0 N–H and O–H groups in total. The third-order valence-electron chi connectivity index (χ3n) is 4.83. The molecule has 0 radical (unpaired) electrons. The zero-order chi connectivity index (χ0) is 23.3. The molecule has 0 aromatic heterocycles. The van der Waals surface area contributed by atoms with Gasteiger partial charge < -0.3 is 14.4 Å². The number of esters is 1. The van der Waals surface area contributed by atoms with Gasteiger partial charge in [-0.3, -0.25) is 14.5 Å². The van der Waals surface area contributed by atoms with Crippen molar-refractivity contribution >= 4 is 52.6 Å². The average molecular weight is 469 g/mol. The Morgan fingerprint density at radius 3 is 2.59 bits per heavy atom. The van der Waals surface area contributed by atoms with Gasteiger partial charge in [-0.2, -0.15) is 0 Å². The number of nitrogens with zero attached hydrogens (tertiary/aromatic N) is 2. The Kier molecular flexibility index (Phi) is 7.52. The Balaban J connectivity index is 2.08. The van der Waals surface area contributed by atoms with Crippen molar-refractivity contribution in [2.45, 2.75) is 13.3 Å². The van der Waals surface area contributed by atoms with Gasteiger partial charge in [0, 0.05) is 10.6 Å². The molecule has 0 unspecified atom stereocenters. The lowest BCUT2D eigenvalue weighted by molar-refractivity contribution is -0.140. The highest BCUT2D eigenvalue weighted by Gasteiger charge is 2.40. The second-order valence-electron chi connectivity index (χ2n) is 6.81. The SMILES string of the molecule is C#CCOc1ccc(Cl)cc1/C=C1/C(=O)N(c2ccc(CC)cc2)C(=S)N1CC(=O)OC. The Bertz CT molecular complexity index is 1120.